The summed E-state index contributed by atoms with van der Waals surface area (Å²) in [5.74, 6) is -0.550. The fourth-order valence-corrected chi connectivity index (χ4v) is 4.93. The number of carbonyl (C=O) groups excluding carboxylic acids is 1. The van der Waals surface area contributed by atoms with Gasteiger partial charge < -0.3 is 15.0 Å². The van der Waals surface area contributed by atoms with Crippen LogP contribution in [0.2, 0.25) is 0 Å². The highest BCUT2D eigenvalue weighted by molar-refractivity contribution is 9.10. The van der Waals surface area contributed by atoms with Crippen molar-refractivity contribution in [3.8, 4) is 5.75 Å². The van der Waals surface area contributed by atoms with E-state index in [0.29, 0.717) is 22.1 Å². The van der Waals surface area contributed by atoms with Crippen LogP contribution in [0.1, 0.15) is 29.8 Å². The number of alkyl halides is 3. The van der Waals surface area contributed by atoms with E-state index in [-0.39, 0.29) is 24.4 Å². The quantitative estimate of drug-likeness (QED) is 0.358. The third-order valence-electron chi connectivity index (χ3n) is 4.89. The van der Waals surface area contributed by atoms with Gasteiger partial charge >= 0.3 is 5.57 Å². The Bertz CT molecular complexity index is 1140. The Balaban J connectivity index is 1.79. The van der Waals surface area contributed by atoms with E-state index in [1.165, 1.54) is 24.3 Å². The molecule has 1 N–H and O–H groups in total. The molecule has 2 aromatic carbocycles. The lowest BCUT2D eigenvalue weighted by Crippen LogP contribution is -2.41. The number of hydrogen-bond acceptors (Lipinski definition) is 6. The molecule has 3 rings (SSSR count). The SMILES string of the molecule is CC(C)N1c2c(Br)cc(C(=O)Nc3ccc(OC(F)(F)Cl)cc3)cc2CC1COS(C)(=O)=O. The van der Waals surface area contributed by atoms with Crippen molar-refractivity contribution in [2.45, 2.75) is 37.9 Å². The van der Waals surface area contributed by atoms with E-state index in [1.807, 2.05) is 13.8 Å². The molecule has 1 aliphatic rings. The second-order valence-corrected chi connectivity index (χ2v) is 10.8. The summed E-state index contributed by atoms with van der Waals surface area (Å²) in [6, 6.07) is 8.63. The molecule has 1 atom stereocenters. The number of amides is 1. The predicted molar refractivity (Wildman–Crippen MR) is 126 cm³/mol. The van der Waals surface area contributed by atoms with Crippen molar-refractivity contribution in [3.05, 3.63) is 52.0 Å². The van der Waals surface area contributed by atoms with Gasteiger partial charge in [-0.15, -0.1) is 8.78 Å². The number of fused-ring (bicyclic) bond motifs is 1. The van der Waals surface area contributed by atoms with Crippen LogP contribution in [-0.4, -0.2) is 44.8 Å². The highest BCUT2D eigenvalue weighted by atomic mass is 79.9. The van der Waals surface area contributed by atoms with Gasteiger partial charge in [0.15, 0.2) is 0 Å². The number of halogens is 4. The van der Waals surface area contributed by atoms with Gasteiger partial charge in [0.2, 0.25) is 0 Å². The molecule has 33 heavy (non-hydrogen) atoms. The van der Waals surface area contributed by atoms with E-state index in [4.69, 9.17) is 15.8 Å². The number of nitrogens with zero attached hydrogens (tertiary/aromatic N) is 1. The number of nitrogens with one attached hydrogen (secondary N) is 1. The zero-order valence-electron chi connectivity index (χ0n) is 17.9. The van der Waals surface area contributed by atoms with Gasteiger partial charge in [0.25, 0.3) is 16.0 Å². The average Bonchev–Trinajstić information content (AvgIpc) is 3.05. The molecule has 1 heterocycles. The van der Waals surface area contributed by atoms with Gasteiger partial charge in [-0.1, -0.05) is 0 Å². The summed E-state index contributed by atoms with van der Waals surface area (Å²) in [5.41, 5.74) is -1.31. The Labute approximate surface area is 204 Å². The Morgan fingerprint density at radius 3 is 2.48 bits per heavy atom. The highest BCUT2D eigenvalue weighted by Crippen LogP contribution is 2.41. The molecule has 0 saturated heterocycles. The van der Waals surface area contributed by atoms with Crippen LogP contribution in [0.3, 0.4) is 0 Å². The zero-order valence-corrected chi connectivity index (χ0v) is 21.1. The molecule has 0 radical (unpaired) electrons. The van der Waals surface area contributed by atoms with E-state index in [9.17, 15) is 22.0 Å². The molecular formula is C21H22BrClF2N2O5S. The maximum Gasteiger partial charge on any atom is 0.487 e. The number of carbonyl (C=O) groups is 1. The Morgan fingerprint density at radius 2 is 1.94 bits per heavy atom. The summed E-state index contributed by atoms with van der Waals surface area (Å²) >= 11 is 8.28. The first kappa shape index (κ1) is 25.7. The fraction of sp³-hybridized carbons (Fsp3) is 0.381. The topological polar surface area (TPSA) is 84.9 Å². The highest BCUT2D eigenvalue weighted by Gasteiger charge is 2.34. The second-order valence-electron chi connectivity index (χ2n) is 7.84. The van der Waals surface area contributed by atoms with E-state index in [2.05, 4.69) is 30.9 Å². The largest absolute Gasteiger partial charge is 0.487 e. The van der Waals surface area contributed by atoms with Crippen molar-refractivity contribution in [1.82, 2.24) is 0 Å². The first-order valence-corrected chi connectivity index (χ1v) is 12.8. The lowest BCUT2D eigenvalue weighted by Gasteiger charge is -2.31. The second kappa shape index (κ2) is 9.73. The molecule has 0 aliphatic carbocycles. The molecular weight excluding hydrogens is 546 g/mol. The molecule has 1 unspecified atom stereocenters. The number of rotatable bonds is 8. The van der Waals surface area contributed by atoms with Crippen LogP contribution in [-0.2, 0) is 20.7 Å². The van der Waals surface area contributed by atoms with Crippen molar-refractivity contribution >= 4 is 54.9 Å². The van der Waals surface area contributed by atoms with Gasteiger partial charge in [-0.2, -0.15) is 8.42 Å². The molecule has 0 bridgehead atoms. The molecule has 1 amide bonds. The number of hydrogen-bond donors (Lipinski definition) is 1. The Morgan fingerprint density at radius 1 is 1.30 bits per heavy atom. The monoisotopic (exact) mass is 566 g/mol. The van der Waals surface area contributed by atoms with Gasteiger partial charge in [0.1, 0.15) is 5.75 Å². The maximum atomic E-state index is 12.8. The normalized spacial score (nSPS) is 16.1. The summed E-state index contributed by atoms with van der Waals surface area (Å²) in [6.07, 6.45) is 1.51. The average molecular weight is 568 g/mol. The van der Waals surface area contributed by atoms with Crippen molar-refractivity contribution in [1.29, 1.82) is 0 Å². The molecule has 7 nitrogen and oxygen atoms in total. The Hall–Kier alpha value is -1.95. The Kier molecular flexibility index (Phi) is 7.57. The lowest BCUT2D eigenvalue weighted by atomic mass is 10.1. The third kappa shape index (κ3) is 6.78. The van der Waals surface area contributed by atoms with E-state index >= 15 is 0 Å². The van der Waals surface area contributed by atoms with Gasteiger partial charge in [0.05, 0.1) is 24.6 Å². The van der Waals surface area contributed by atoms with E-state index in [1.54, 1.807) is 12.1 Å². The third-order valence-corrected chi connectivity index (χ3v) is 6.13. The summed E-state index contributed by atoms with van der Waals surface area (Å²) in [6.45, 7) is 3.97. The van der Waals surface area contributed by atoms with Crippen LogP contribution in [0.4, 0.5) is 20.2 Å². The van der Waals surface area contributed by atoms with Crippen LogP contribution in [0.15, 0.2) is 40.9 Å². The van der Waals surface area contributed by atoms with Crippen molar-refractivity contribution in [2.75, 3.05) is 23.1 Å². The van der Waals surface area contributed by atoms with Crippen LogP contribution in [0, 0.1) is 0 Å². The van der Waals surface area contributed by atoms with E-state index < -0.39 is 21.6 Å². The van der Waals surface area contributed by atoms with Crippen LogP contribution in [0.25, 0.3) is 0 Å². The number of benzene rings is 2. The fourth-order valence-electron chi connectivity index (χ4n) is 3.73. The van der Waals surface area contributed by atoms with Crippen LogP contribution >= 0.6 is 27.5 Å². The standard InChI is InChI=1S/C21H22BrClF2N2O5S/c1-12(2)27-16(11-31-33(3,29)30)9-13-8-14(10-18(22)19(13)27)20(28)26-15-4-6-17(7-5-15)32-21(23,24)25/h4-8,10,12,16H,9,11H2,1-3H3,(H,26,28). The molecule has 0 fully saturated rings. The van der Waals surface area contributed by atoms with Gasteiger partial charge in [-0.3, -0.25) is 8.98 Å². The molecule has 180 valence electrons. The van der Waals surface area contributed by atoms with Crippen molar-refractivity contribution < 1.29 is 30.9 Å². The first-order chi connectivity index (χ1) is 15.2. The predicted octanol–water partition coefficient (Wildman–Crippen LogP) is 4.99. The molecule has 0 spiro atoms. The smallest absolute Gasteiger partial charge is 0.420 e. The summed E-state index contributed by atoms with van der Waals surface area (Å²) in [4.78, 5) is 14.9. The minimum atomic E-state index is -3.82. The van der Waals surface area contributed by atoms with Crippen LogP contribution in [0.5, 0.6) is 5.75 Å². The molecule has 1 aliphatic heterocycles. The molecule has 0 aromatic heterocycles. The minimum Gasteiger partial charge on any atom is -0.420 e. The van der Waals surface area contributed by atoms with E-state index in [0.717, 1.165) is 17.5 Å². The van der Waals surface area contributed by atoms with Gasteiger partial charge in [0, 0.05) is 33.4 Å². The van der Waals surface area contributed by atoms with Crippen molar-refractivity contribution in [2.24, 2.45) is 0 Å². The van der Waals surface area contributed by atoms with Crippen molar-refractivity contribution in [3.63, 3.8) is 0 Å². The summed E-state index contributed by atoms with van der Waals surface area (Å²) in [7, 11) is -3.59. The molecule has 0 saturated carbocycles. The summed E-state index contributed by atoms with van der Waals surface area (Å²) in [5, 5.41) is 2.70. The van der Waals surface area contributed by atoms with Gasteiger partial charge in [-0.25, -0.2) is 0 Å². The zero-order chi connectivity index (χ0) is 24.6. The molecule has 12 heteroatoms. The lowest BCUT2D eigenvalue weighted by molar-refractivity contribution is -0.0964. The number of anilines is 2. The number of ether oxygens (including phenoxy) is 1. The maximum absolute atomic E-state index is 12.8. The van der Waals surface area contributed by atoms with Crippen LogP contribution < -0.4 is 15.0 Å². The van der Waals surface area contributed by atoms with Gasteiger partial charge in [-0.05, 0) is 78.2 Å². The molecule has 2 aromatic rings. The minimum absolute atomic E-state index is 0.00453. The first-order valence-electron chi connectivity index (χ1n) is 9.86. The summed E-state index contributed by atoms with van der Waals surface area (Å²) < 4.78 is 58.3.